The van der Waals surface area contributed by atoms with Crippen molar-refractivity contribution in [1.29, 1.82) is 0 Å². The van der Waals surface area contributed by atoms with Crippen LogP contribution in [0.1, 0.15) is 28.8 Å². The van der Waals surface area contributed by atoms with Crippen LogP contribution in [0.25, 0.3) is 0 Å². The molecule has 5 nitrogen and oxygen atoms in total. The molecule has 0 atom stereocenters. The Bertz CT molecular complexity index is 620. The standard InChI is InChI=1S/C15H16N4O/c1-10-4-2-3-5-13(10)19-15-16-8-11(9-17-15)14(20)18-12-6-7-12/h2-5,8-9,12H,6-7H2,1H3,(H,18,20)(H,16,17,19). The van der Waals surface area contributed by atoms with Crippen LogP contribution >= 0.6 is 0 Å². The Hall–Kier alpha value is -2.43. The summed E-state index contributed by atoms with van der Waals surface area (Å²) in [5.74, 6) is 0.386. The van der Waals surface area contributed by atoms with Gasteiger partial charge in [-0.25, -0.2) is 9.97 Å². The zero-order valence-electron chi connectivity index (χ0n) is 11.3. The van der Waals surface area contributed by atoms with Gasteiger partial charge in [-0.1, -0.05) is 18.2 Å². The molecule has 1 heterocycles. The molecule has 3 rings (SSSR count). The van der Waals surface area contributed by atoms with E-state index in [0.717, 1.165) is 24.1 Å². The summed E-state index contributed by atoms with van der Waals surface area (Å²) in [6.45, 7) is 2.01. The predicted octanol–water partition coefficient (Wildman–Crippen LogP) is 2.42. The van der Waals surface area contributed by atoms with E-state index in [4.69, 9.17) is 0 Å². The van der Waals surface area contributed by atoms with Crippen molar-refractivity contribution < 1.29 is 4.79 Å². The first kappa shape index (κ1) is 12.6. The van der Waals surface area contributed by atoms with Crippen LogP contribution < -0.4 is 10.6 Å². The van der Waals surface area contributed by atoms with Crippen LogP contribution in [0.15, 0.2) is 36.7 Å². The van der Waals surface area contributed by atoms with Crippen molar-refractivity contribution in [2.24, 2.45) is 0 Å². The molecule has 1 aliphatic rings. The van der Waals surface area contributed by atoms with Crippen molar-refractivity contribution in [1.82, 2.24) is 15.3 Å². The second-order valence-corrected chi connectivity index (χ2v) is 4.98. The molecule has 1 aliphatic carbocycles. The van der Waals surface area contributed by atoms with Crippen LogP contribution in [0.3, 0.4) is 0 Å². The van der Waals surface area contributed by atoms with Crippen LogP contribution in [0.5, 0.6) is 0 Å². The van der Waals surface area contributed by atoms with Gasteiger partial charge in [-0.3, -0.25) is 4.79 Å². The summed E-state index contributed by atoms with van der Waals surface area (Å²) in [4.78, 5) is 20.2. The average molecular weight is 268 g/mol. The summed E-state index contributed by atoms with van der Waals surface area (Å²) in [7, 11) is 0. The molecule has 1 aromatic carbocycles. The van der Waals surface area contributed by atoms with E-state index in [9.17, 15) is 4.79 Å². The van der Waals surface area contributed by atoms with Gasteiger partial charge in [-0.05, 0) is 31.4 Å². The van der Waals surface area contributed by atoms with E-state index in [0.29, 0.717) is 17.6 Å². The second-order valence-electron chi connectivity index (χ2n) is 4.98. The van der Waals surface area contributed by atoms with Gasteiger partial charge in [0, 0.05) is 24.1 Å². The van der Waals surface area contributed by atoms with E-state index in [-0.39, 0.29) is 5.91 Å². The molecule has 0 bridgehead atoms. The molecule has 0 spiro atoms. The zero-order valence-corrected chi connectivity index (χ0v) is 11.3. The lowest BCUT2D eigenvalue weighted by Crippen LogP contribution is -2.25. The fourth-order valence-corrected chi connectivity index (χ4v) is 1.84. The van der Waals surface area contributed by atoms with Gasteiger partial charge < -0.3 is 10.6 Å². The number of aromatic nitrogens is 2. The van der Waals surface area contributed by atoms with Crippen molar-refractivity contribution in [3.8, 4) is 0 Å². The number of rotatable bonds is 4. The Morgan fingerprint density at radius 1 is 1.20 bits per heavy atom. The van der Waals surface area contributed by atoms with Gasteiger partial charge >= 0.3 is 0 Å². The number of carbonyl (C=O) groups is 1. The molecule has 2 aromatic rings. The quantitative estimate of drug-likeness (QED) is 0.893. The first-order valence-corrected chi connectivity index (χ1v) is 6.68. The number of nitrogens with one attached hydrogen (secondary N) is 2. The Kier molecular flexibility index (Phi) is 3.33. The predicted molar refractivity (Wildman–Crippen MR) is 77.0 cm³/mol. The Labute approximate surface area is 117 Å². The normalized spacial score (nSPS) is 13.8. The lowest BCUT2D eigenvalue weighted by molar-refractivity contribution is 0.0950. The monoisotopic (exact) mass is 268 g/mol. The van der Waals surface area contributed by atoms with Crippen LogP contribution in [0, 0.1) is 6.92 Å². The smallest absolute Gasteiger partial charge is 0.254 e. The van der Waals surface area contributed by atoms with Crippen molar-refractivity contribution in [3.63, 3.8) is 0 Å². The van der Waals surface area contributed by atoms with Gasteiger partial charge in [0.2, 0.25) is 5.95 Å². The number of benzene rings is 1. The number of para-hydroxylation sites is 1. The fourth-order valence-electron chi connectivity index (χ4n) is 1.84. The number of carbonyl (C=O) groups excluding carboxylic acids is 1. The minimum Gasteiger partial charge on any atom is -0.349 e. The highest BCUT2D eigenvalue weighted by molar-refractivity contribution is 5.94. The molecule has 2 N–H and O–H groups in total. The van der Waals surface area contributed by atoms with Crippen LogP contribution in [-0.4, -0.2) is 21.9 Å². The third-order valence-corrected chi connectivity index (χ3v) is 3.22. The van der Waals surface area contributed by atoms with Crippen LogP contribution in [0.4, 0.5) is 11.6 Å². The van der Waals surface area contributed by atoms with Crippen molar-refractivity contribution in [2.75, 3.05) is 5.32 Å². The second kappa shape index (κ2) is 5.28. The van der Waals surface area contributed by atoms with Gasteiger partial charge in [-0.2, -0.15) is 0 Å². The van der Waals surface area contributed by atoms with Crippen LogP contribution in [-0.2, 0) is 0 Å². The summed E-state index contributed by atoms with van der Waals surface area (Å²) in [5, 5.41) is 6.05. The van der Waals surface area contributed by atoms with Crippen molar-refractivity contribution >= 4 is 17.5 Å². The fraction of sp³-hybridized carbons (Fsp3) is 0.267. The van der Waals surface area contributed by atoms with E-state index in [1.807, 2.05) is 31.2 Å². The molecule has 1 saturated carbocycles. The Balaban J connectivity index is 1.69. The summed E-state index contributed by atoms with van der Waals surface area (Å²) >= 11 is 0. The zero-order chi connectivity index (χ0) is 13.9. The van der Waals surface area contributed by atoms with Gasteiger partial charge in [-0.15, -0.1) is 0 Å². The molecule has 1 amide bonds. The minimum absolute atomic E-state index is 0.102. The lowest BCUT2D eigenvalue weighted by Gasteiger charge is -2.08. The maximum absolute atomic E-state index is 11.8. The topological polar surface area (TPSA) is 66.9 Å². The molecular weight excluding hydrogens is 252 g/mol. The Morgan fingerprint density at radius 3 is 2.55 bits per heavy atom. The van der Waals surface area contributed by atoms with Gasteiger partial charge in [0.25, 0.3) is 5.91 Å². The van der Waals surface area contributed by atoms with Gasteiger partial charge in [0.15, 0.2) is 0 Å². The molecule has 0 saturated heterocycles. The molecule has 0 radical (unpaired) electrons. The van der Waals surface area contributed by atoms with E-state index < -0.39 is 0 Å². The van der Waals surface area contributed by atoms with E-state index in [1.165, 1.54) is 0 Å². The van der Waals surface area contributed by atoms with Crippen molar-refractivity contribution in [2.45, 2.75) is 25.8 Å². The molecule has 20 heavy (non-hydrogen) atoms. The minimum atomic E-state index is -0.102. The molecule has 1 fully saturated rings. The number of hydrogen-bond donors (Lipinski definition) is 2. The molecule has 1 aromatic heterocycles. The number of amides is 1. The molecule has 5 heteroatoms. The SMILES string of the molecule is Cc1ccccc1Nc1ncc(C(=O)NC2CC2)cn1. The number of anilines is 2. The number of nitrogens with zero attached hydrogens (tertiary/aromatic N) is 2. The number of aryl methyl sites for hydroxylation is 1. The van der Waals surface area contributed by atoms with E-state index in [1.54, 1.807) is 12.4 Å². The van der Waals surface area contributed by atoms with E-state index in [2.05, 4.69) is 20.6 Å². The first-order chi connectivity index (χ1) is 9.72. The van der Waals surface area contributed by atoms with Crippen molar-refractivity contribution in [3.05, 3.63) is 47.8 Å². The lowest BCUT2D eigenvalue weighted by atomic mass is 10.2. The molecule has 0 unspecified atom stereocenters. The van der Waals surface area contributed by atoms with Gasteiger partial charge in [0.1, 0.15) is 0 Å². The van der Waals surface area contributed by atoms with Crippen LogP contribution in [0.2, 0.25) is 0 Å². The third-order valence-electron chi connectivity index (χ3n) is 3.22. The summed E-state index contributed by atoms with van der Waals surface area (Å²) < 4.78 is 0. The average Bonchev–Trinajstić information content (AvgIpc) is 3.26. The molecular formula is C15H16N4O. The van der Waals surface area contributed by atoms with E-state index >= 15 is 0 Å². The molecule has 0 aliphatic heterocycles. The summed E-state index contributed by atoms with van der Waals surface area (Å²) in [6.07, 6.45) is 5.23. The summed E-state index contributed by atoms with van der Waals surface area (Å²) in [5.41, 5.74) is 2.57. The Morgan fingerprint density at radius 2 is 1.90 bits per heavy atom. The summed E-state index contributed by atoms with van der Waals surface area (Å²) in [6, 6.07) is 8.25. The third kappa shape index (κ3) is 2.93. The highest BCUT2D eigenvalue weighted by Gasteiger charge is 2.23. The maximum Gasteiger partial charge on any atom is 0.254 e. The largest absolute Gasteiger partial charge is 0.349 e. The number of hydrogen-bond acceptors (Lipinski definition) is 4. The molecule has 102 valence electrons. The highest BCUT2D eigenvalue weighted by Crippen LogP contribution is 2.19. The maximum atomic E-state index is 11.8. The van der Waals surface area contributed by atoms with Gasteiger partial charge in [0.05, 0.1) is 5.56 Å². The first-order valence-electron chi connectivity index (χ1n) is 6.68. The highest BCUT2D eigenvalue weighted by atomic mass is 16.1.